The van der Waals surface area contributed by atoms with E-state index >= 15 is 0 Å². The Morgan fingerprint density at radius 3 is 2.88 bits per heavy atom. The maximum atomic E-state index is 9.37. The molecule has 0 amide bonds. The number of rotatable bonds is 5. The molecule has 1 aromatic carbocycles. The lowest BCUT2D eigenvalue weighted by atomic mass is 10.2. The summed E-state index contributed by atoms with van der Waals surface area (Å²) in [6, 6.07) is 11.1. The van der Waals surface area contributed by atoms with E-state index in [2.05, 4.69) is 25.5 Å². The van der Waals surface area contributed by atoms with Crippen LogP contribution in [0.4, 0.5) is 5.82 Å². The molecule has 26 heavy (non-hydrogen) atoms. The van der Waals surface area contributed by atoms with Gasteiger partial charge in [0.1, 0.15) is 11.6 Å². The molecule has 2 heterocycles. The van der Waals surface area contributed by atoms with Gasteiger partial charge >= 0.3 is 0 Å². The number of phenols is 1. The third kappa shape index (κ3) is 4.79. The van der Waals surface area contributed by atoms with E-state index in [-0.39, 0.29) is 11.8 Å². The van der Waals surface area contributed by atoms with Gasteiger partial charge in [-0.15, -0.1) is 0 Å². The van der Waals surface area contributed by atoms with Gasteiger partial charge in [-0.1, -0.05) is 23.7 Å². The van der Waals surface area contributed by atoms with Gasteiger partial charge in [0.2, 0.25) is 0 Å². The average molecular weight is 374 g/mol. The van der Waals surface area contributed by atoms with Gasteiger partial charge in [0.15, 0.2) is 5.96 Å². The number of phenolic OH excluding ortho intramolecular Hbond substituents is 1. The first-order chi connectivity index (χ1) is 12.7. The number of hydrogen-bond donors (Lipinski definition) is 3. The van der Waals surface area contributed by atoms with E-state index in [9.17, 15) is 5.11 Å². The van der Waals surface area contributed by atoms with E-state index in [0.29, 0.717) is 11.6 Å². The minimum absolute atomic E-state index is 0.266. The molecule has 0 radical (unpaired) electrons. The van der Waals surface area contributed by atoms with E-state index in [1.165, 1.54) is 0 Å². The van der Waals surface area contributed by atoms with Crippen LogP contribution in [0.25, 0.3) is 0 Å². The van der Waals surface area contributed by atoms with Gasteiger partial charge in [-0.3, -0.25) is 0 Å². The van der Waals surface area contributed by atoms with Crippen molar-refractivity contribution in [2.45, 2.75) is 25.9 Å². The van der Waals surface area contributed by atoms with Gasteiger partial charge in [0, 0.05) is 31.9 Å². The van der Waals surface area contributed by atoms with Crippen LogP contribution in [0.5, 0.6) is 5.75 Å². The summed E-state index contributed by atoms with van der Waals surface area (Å²) in [5.74, 6) is 1.89. The van der Waals surface area contributed by atoms with Crippen LogP contribution in [-0.2, 0) is 6.54 Å². The first-order valence-electron chi connectivity index (χ1n) is 8.84. The third-order valence-electron chi connectivity index (χ3n) is 4.27. The van der Waals surface area contributed by atoms with Crippen molar-refractivity contribution in [1.29, 1.82) is 0 Å². The molecule has 1 unspecified atom stereocenters. The summed E-state index contributed by atoms with van der Waals surface area (Å²) in [4.78, 5) is 11.2. The Morgan fingerprint density at radius 2 is 2.15 bits per heavy atom. The van der Waals surface area contributed by atoms with Crippen molar-refractivity contribution in [3.8, 4) is 5.75 Å². The lowest BCUT2D eigenvalue weighted by Gasteiger charge is -2.20. The quantitative estimate of drug-likeness (QED) is 0.555. The molecule has 1 saturated heterocycles. The lowest BCUT2D eigenvalue weighted by Crippen LogP contribution is -2.44. The third-order valence-corrected chi connectivity index (χ3v) is 4.56. The number of aromatic hydroxyl groups is 1. The molecule has 0 saturated carbocycles. The molecule has 3 N–H and O–H groups in total. The summed E-state index contributed by atoms with van der Waals surface area (Å²) in [6.07, 6.45) is 2.77. The fraction of sp³-hybridized carbons (Fsp3) is 0.368. The van der Waals surface area contributed by atoms with Crippen molar-refractivity contribution >= 4 is 23.4 Å². The molecule has 0 spiro atoms. The standard InChI is InChI=1S/C19H24ClN5O/c1-2-21-19(23-12-14-5-7-16(26)8-6-14)24-15-9-11-25(13-15)18-17(20)4-3-10-22-18/h3-8,10,15,26H,2,9,11-13H2,1H3,(H2,21,23,24). The molecule has 7 heteroatoms. The van der Waals surface area contributed by atoms with Gasteiger partial charge in [0.25, 0.3) is 0 Å². The Balaban J connectivity index is 1.60. The van der Waals surface area contributed by atoms with Crippen molar-refractivity contribution in [1.82, 2.24) is 15.6 Å². The van der Waals surface area contributed by atoms with Crippen molar-refractivity contribution in [2.75, 3.05) is 24.5 Å². The molecular weight excluding hydrogens is 350 g/mol. The van der Waals surface area contributed by atoms with E-state index < -0.39 is 0 Å². The van der Waals surface area contributed by atoms with Crippen molar-refractivity contribution in [3.05, 3.63) is 53.2 Å². The van der Waals surface area contributed by atoms with Crippen LogP contribution in [0.15, 0.2) is 47.6 Å². The van der Waals surface area contributed by atoms with E-state index in [4.69, 9.17) is 11.6 Å². The number of nitrogens with one attached hydrogen (secondary N) is 2. The van der Waals surface area contributed by atoms with Gasteiger partial charge in [-0.05, 0) is 43.2 Å². The summed E-state index contributed by atoms with van der Waals surface area (Å²) in [7, 11) is 0. The second-order valence-corrected chi connectivity index (χ2v) is 6.65. The largest absolute Gasteiger partial charge is 0.508 e. The first kappa shape index (κ1) is 18.3. The number of aromatic nitrogens is 1. The Bertz CT molecular complexity index is 750. The Kier molecular flexibility index (Phi) is 6.17. The molecule has 1 aromatic heterocycles. The topological polar surface area (TPSA) is 72.8 Å². The van der Waals surface area contributed by atoms with Crippen LogP contribution >= 0.6 is 11.6 Å². The monoisotopic (exact) mass is 373 g/mol. The molecular formula is C19H24ClN5O. The molecule has 1 aliphatic heterocycles. The second kappa shape index (κ2) is 8.76. The van der Waals surface area contributed by atoms with Crippen LogP contribution < -0.4 is 15.5 Å². The molecule has 6 nitrogen and oxygen atoms in total. The molecule has 2 aromatic rings. The Hall–Kier alpha value is -2.47. The Morgan fingerprint density at radius 1 is 1.35 bits per heavy atom. The molecule has 3 rings (SSSR count). The number of hydrogen-bond acceptors (Lipinski definition) is 4. The summed E-state index contributed by atoms with van der Waals surface area (Å²) in [5.41, 5.74) is 1.05. The van der Waals surface area contributed by atoms with Crippen LogP contribution in [0.1, 0.15) is 18.9 Å². The molecule has 1 aliphatic rings. The van der Waals surface area contributed by atoms with Gasteiger partial charge in [-0.2, -0.15) is 0 Å². The van der Waals surface area contributed by atoms with Crippen molar-refractivity contribution in [3.63, 3.8) is 0 Å². The second-order valence-electron chi connectivity index (χ2n) is 6.25. The highest BCUT2D eigenvalue weighted by molar-refractivity contribution is 6.32. The molecule has 0 aliphatic carbocycles. The van der Waals surface area contributed by atoms with Crippen LogP contribution in [-0.4, -0.2) is 41.7 Å². The molecule has 0 bridgehead atoms. The predicted octanol–water partition coefficient (Wildman–Crippen LogP) is 2.77. The zero-order chi connectivity index (χ0) is 18.4. The molecule has 138 valence electrons. The zero-order valence-corrected chi connectivity index (χ0v) is 15.6. The highest BCUT2D eigenvalue weighted by atomic mass is 35.5. The molecule has 1 atom stereocenters. The SMILES string of the molecule is CCNC(=NCc1ccc(O)cc1)NC1CCN(c2ncccc2Cl)C1. The number of nitrogens with zero attached hydrogens (tertiary/aromatic N) is 3. The van der Waals surface area contributed by atoms with E-state index in [0.717, 1.165) is 43.4 Å². The first-order valence-corrected chi connectivity index (χ1v) is 9.21. The number of benzene rings is 1. The van der Waals surface area contributed by atoms with Gasteiger partial charge in [0.05, 0.1) is 11.6 Å². The van der Waals surface area contributed by atoms with Gasteiger partial charge < -0.3 is 20.6 Å². The Labute approximate surface area is 158 Å². The highest BCUT2D eigenvalue weighted by Gasteiger charge is 2.25. The maximum Gasteiger partial charge on any atom is 0.191 e. The normalized spacial score (nSPS) is 17.4. The average Bonchev–Trinajstić information content (AvgIpc) is 3.10. The van der Waals surface area contributed by atoms with Crippen molar-refractivity contribution in [2.24, 2.45) is 4.99 Å². The number of guanidine groups is 1. The number of aliphatic imine (C=N–C) groups is 1. The van der Waals surface area contributed by atoms with E-state index in [1.807, 2.05) is 31.2 Å². The van der Waals surface area contributed by atoms with Crippen LogP contribution in [0.2, 0.25) is 5.02 Å². The minimum Gasteiger partial charge on any atom is -0.508 e. The number of anilines is 1. The zero-order valence-electron chi connectivity index (χ0n) is 14.8. The highest BCUT2D eigenvalue weighted by Crippen LogP contribution is 2.25. The smallest absolute Gasteiger partial charge is 0.191 e. The predicted molar refractivity (Wildman–Crippen MR) is 106 cm³/mol. The maximum absolute atomic E-state index is 9.37. The summed E-state index contributed by atoms with van der Waals surface area (Å²) >= 11 is 6.26. The fourth-order valence-electron chi connectivity index (χ4n) is 2.97. The lowest BCUT2D eigenvalue weighted by molar-refractivity contribution is 0.475. The minimum atomic E-state index is 0.266. The number of halogens is 1. The summed E-state index contributed by atoms with van der Waals surface area (Å²) in [6.45, 7) is 5.14. The number of pyridine rings is 1. The molecule has 1 fully saturated rings. The van der Waals surface area contributed by atoms with E-state index in [1.54, 1.807) is 18.3 Å². The summed E-state index contributed by atoms with van der Waals surface area (Å²) < 4.78 is 0. The van der Waals surface area contributed by atoms with Crippen molar-refractivity contribution < 1.29 is 5.11 Å². The van der Waals surface area contributed by atoms with Crippen LogP contribution in [0.3, 0.4) is 0 Å². The van der Waals surface area contributed by atoms with Crippen LogP contribution in [0, 0.1) is 0 Å². The summed E-state index contributed by atoms with van der Waals surface area (Å²) in [5, 5.41) is 16.8. The fourth-order valence-corrected chi connectivity index (χ4v) is 3.21. The van der Waals surface area contributed by atoms with Gasteiger partial charge in [-0.25, -0.2) is 9.98 Å².